The van der Waals surface area contributed by atoms with E-state index in [0.29, 0.717) is 5.58 Å². The molecule has 0 N–H and O–H groups in total. The van der Waals surface area contributed by atoms with Crippen molar-refractivity contribution in [1.82, 2.24) is 0 Å². The van der Waals surface area contributed by atoms with Crippen LogP contribution in [0.3, 0.4) is 0 Å². The van der Waals surface area contributed by atoms with Gasteiger partial charge < -0.3 is 4.42 Å². The summed E-state index contributed by atoms with van der Waals surface area (Å²) in [6.07, 6.45) is 0. The van der Waals surface area contributed by atoms with Crippen LogP contribution in [0.1, 0.15) is 17.5 Å². The van der Waals surface area contributed by atoms with Gasteiger partial charge in [0, 0.05) is 18.4 Å². The first kappa shape index (κ1) is 7.98. The first-order chi connectivity index (χ1) is 6.16. The Morgan fingerprint density at radius 2 is 2.15 bits per heavy atom. The minimum absolute atomic E-state index is 0.156. The summed E-state index contributed by atoms with van der Waals surface area (Å²) in [7, 11) is 0. The Hall–Kier alpha value is -1.64. The minimum atomic E-state index is -0.364. The van der Waals surface area contributed by atoms with Crippen LogP contribution in [0, 0.1) is 5.82 Å². The number of carbonyl (C=O) groups excluding carboxylic acids is 1. The van der Waals surface area contributed by atoms with E-state index in [1.807, 2.05) is 0 Å². The molecular formula is C10H7FO2. The summed E-state index contributed by atoms with van der Waals surface area (Å²) >= 11 is 0. The van der Waals surface area contributed by atoms with E-state index in [9.17, 15) is 9.18 Å². The summed E-state index contributed by atoms with van der Waals surface area (Å²) in [5.41, 5.74) is 0.408. The molecule has 2 nitrogen and oxygen atoms in total. The molecular weight excluding hydrogens is 171 g/mol. The molecule has 0 aliphatic rings. The fourth-order valence-electron chi connectivity index (χ4n) is 1.18. The van der Waals surface area contributed by atoms with Gasteiger partial charge in [-0.15, -0.1) is 0 Å². The number of benzene rings is 1. The molecule has 0 spiro atoms. The molecule has 0 amide bonds. The van der Waals surface area contributed by atoms with Crippen LogP contribution in [0.15, 0.2) is 28.7 Å². The van der Waals surface area contributed by atoms with E-state index in [1.165, 1.54) is 19.1 Å². The maximum absolute atomic E-state index is 12.7. The predicted molar refractivity (Wildman–Crippen MR) is 46.2 cm³/mol. The van der Waals surface area contributed by atoms with Crippen molar-refractivity contribution in [3.05, 3.63) is 35.8 Å². The maximum atomic E-state index is 12.7. The van der Waals surface area contributed by atoms with E-state index < -0.39 is 0 Å². The highest BCUT2D eigenvalue weighted by Crippen LogP contribution is 2.20. The van der Waals surface area contributed by atoms with Crippen LogP contribution in [-0.4, -0.2) is 5.78 Å². The average Bonchev–Trinajstić information content (AvgIpc) is 2.46. The van der Waals surface area contributed by atoms with Gasteiger partial charge in [-0.05, 0) is 18.2 Å². The Kier molecular flexibility index (Phi) is 1.65. The van der Waals surface area contributed by atoms with Gasteiger partial charge in [0.25, 0.3) is 0 Å². The molecule has 1 aromatic carbocycles. The predicted octanol–water partition coefficient (Wildman–Crippen LogP) is 2.77. The van der Waals surface area contributed by atoms with Crippen molar-refractivity contribution >= 4 is 16.8 Å². The number of rotatable bonds is 1. The molecule has 0 radical (unpaired) electrons. The fraction of sp³-hybridized carbons (Fsp3) is 0.100. The summed E-state index contributed by atoms with van der Waals surface area (Å²) in [4.78, 5) is 10.9. The first-order valence-corrected chi connectivity index (χ1v) is 3.87. The Morgan fingerprint density at radius 3 is 2.85 bits per heavy atom. The Labute approximate surface area is 74.0 Å². The second kappa shape index (κ2) is 2.69. The zero-order valence-electron chi connectivity index (χ0n) is 7.00. The third kappa shape index (κ3) is 1.33. The summed E-state index contributed by atoms with van der Waals surface area (Å²) in [5.74, 6) is -0.255. The van der Waals surface area contributed by atoms with Crippen LogP contribution in [0.4, 0.5) is 4.39 Å². The lowest BCUT2D eigenvalue weighted by Gasteiger charge is -1.86. The lowest BCUT2D eigenvalue weighted by Crippen LogP contribution is -1.85. The first-order valence-electron chi connectivity index (χ1n) is 3.87. The number of carbonyl (C=O) groups is 1. The second-order valence-corrected chi connectivity index (χ2v) is 2.85. The summed E-state index contributed by atoms with van der Waals surface area (Å²) in [5, 5.41) is 0.742. The number of furan rings is 1. The molecule has 0 bridgehead atoms. The normalized spacial score (nSPS) is 10.6. The van der Waals surface area contributed by atoms with E-state index in [4.69, 9.17) is 4.42 Å². The molecule has 0 aliphatic heterocycles. The number of fused-ring (bicyclic) bond motifs is 1. The van der Waals surface area contributed by atoms with Crippen LogP contribution < -0.4 is 0 Å². The number of hydrogen-bond acceptors (Lipinski definition) is 2. The van der Waals surface area contributed by atoms with Gasteiger partial charge in [0.1, 0.15) is 11.4 Å². The number of halogens is 1. The molecule has 2 aromatic rings. The highest BCUT2D eigenvalue weighted by atomic mass is 19.1. The molecule has 3 heteroatoms. The Balaban J connectivity index is 2.68. The molecule has 0 saturated carbocycles. The van der Waals surface area contributed by atoms with Crippen LogP contribution in [0.5, 0.6) is 0 Å². The van der Waals surface area contributed by atoms with Gasteiger partial charge in [-0.3, -0.25) is 4.79 Å². The van der Waals surface area contributed by atoms with Gasteiger partial charge in [-0.25, -0.2) is 4.39 Å². The Bertz CT molecular complexity index is 471. The fourth-order valence-corrected chi connectivity index (χ4v) is 1.18. The van der Waals surface area contributed by atoms with Gasteiger partial charge in [0.2, 0.25) is 0 Å². The number of Topliss-reactive ketones (excluding diaryl/α,β-unsaturated/α-hetero) is 1. The van der Waals surface area contributed by atoms with Gasteiger partial charge in [-0.1, -0.05) is 0 Å². The van der Waals surface area contributed by atoms with Gasteiger partial charge in [0.05, 0.1) is 0 Å². The van der Waals surface area contributed by atoms with Crippen molar-refractivity contribution in [2.75, 3.05) is 0 Å². The van der Waals surface area contributed by atoms with Gasteiger partial charge in [-0.2, -0.15) is 0 Å². The minimum Gasteiger partial charge on any atom is -0.453 e. The maximum Gasteiger partial charge on any atom is 0.194 e. The zero-order valence-corrected chi connectivity index (χ0v) is 7.00. The van der Waals surface area contributed by atoms with E-state index in [-0.39, 0.29) is 17.4 Å². The average molecular weight is 178 g/mol. The van der Waals surface area contributed by atoms with E-state index in [0.717, 1.165) is 5.39 Å². The topological polar surface area (TPSA) is 30.2 Å². The van der Waals surface area contributed by atoms with Gasteiger partial charge >= 0.3 is 0 Å². The smallest absolute Gasteiger partial charge is 0.194 e. The van der Waals surface area contributed by atoms with Crippen molar-refractivity contribution in [3.8, 4) is 0 Å². The number of ketones is 1. The molecule has 1 heterocycles. The highest BCUT2D eigenvalue weighted by molar-refractivity contribution is 5.95. The highest BCUT2D eigenvalue weighted by Gasteiger charge is 2.07. The summed E-state index contributed by atoms with van der Waals surface area (Å²) in [6.45, 7) is 1.41. The van der Waals surface area contributed by atoms with E-state index in [1.54, 1.807) is 12.1 Å². The lowest BCUT2D eigenvalue weighted by molar-refractivity contribution is 0.0989. The summed E-state index contributed by atoms with van der Waals surface area (Å²) < 4.78 is 17.8. The van der Waals surface area contributed by atoms with Crippen molar-refractivity contribution in [1.29, 1.82) is 0 Å². The van der Waals surface area contributed by atoms with Crippen molar-refractivity contribution in [2.45, 2.75) is 6.92 Å². The molecule has 0 aliphatic carbocycles. The van der Waals surface area contributed by atoms with E-state index >= 15 is 0 Å². The zero-order chi connectivity index (χ0) is 9.42. The van der Waals surface area contributed by atoms with Crippen molar-refractivity contribution in [3.63, 3.8) is 0 Å². The van der Waals surface area contributed by atoms with Crippen molar-refractivity contribution < 1.29 is 13.6 Å². The largest absolute Gasteiger partial charge is 0.453 e. The standard InChI is InChI=1S/C10H7FO2/c1-6(12)9-4-7-2-3-8(11)5-10(7)13-9/h2-5H,1H3. The molecule has 66 valence electrons. The molecule has 0 saturated heterocycles. The molecule has 13 heavy (non-hydrogen) atoms. The third-order valence-electron chi connectivity index (χ3n) is 1.83. The molecule has 0 atom stereocenters. The van der Waals surface area contributed by atoms with Crippen LogP contribution in [0.25, 0.3) is 11.0 Å². The second-order valence-electron chi connectivity index (χ2n) is 2.85. The monoisotopic (exact) mass is 178 g/mol. The molecule has 2 rings (SSSR count). The SMILES string of the molecule is CC(=O)c1cc2ccc(F)cc2o1. The third-order valence-corrected chi connectivity index (χ3v) is 1.83. The summed E-state index contributed by atoms with van der Waals surface area (Å²) in [6, 6.07) is 5.79. The molecule has 0 fully saturated rings. The molecule has 1 aromatic heterocycles. The van der Waals surface area contributed by atoms with Crippen LogP contribution >= 0.6 is 0 Å². The molecule has 0 unspecified atom stereocenters. The van der Waals surface area contributed by atoms with Crippen LogP contribution in [-0.2, 0) is 0 Å². The van der Waals surface area contributed by atoms with Gasteiger partial charge in [0.15, 0.2) is 11.5 Å². The Morgan fingerprint density at radius 1 is 1.38 bits per heavy atom. The number of hydrogen-bond donors (Lipinski definition) is 0. The quantitative estimate of drug-likeness (QED) is 0.628. The lowest BCUT2D eigenvalue weighted by atomic mass is 10.2. The van der Waals surface area contributed by atoms with E-state index in [2.05, 4.69) is 0 Å². The van der Waals surface area contributed by atoms with Crippen LogP contribution in [0.2, 0.25) is 0 Å². The van der Waals surface area contributed by atoms with Crippen molar-refractivity contribution in [2.24, 2.45) is 0 Å².